The van der Waals surface area contributed by atoms with Crippen molar-refractivity contribution in [1.29, 1.82) is 0 Å². The van der Waals surface area contributed by atoms with Gasteiger partial charge in [-0.25, -0.2) is 0 Å². The van der Waals surface area contributed by atoms with E-state index in [1.807, 2.05) is 18.2 Å². The van der Waals surface area contributed by atoms with Gasteiger partial charge in [-0.15, -0.1) is 11.8 Å². The second kappa shape index (κ2) is 4.19. The molecule has 1 heterocycles. The number of carbonyl (C=O) groups is 2. The van der Waals surface area contributed by atoms with E-state index in [0.717, 1.165) is 4.90 Å². The zero-order valence-corrected chi connectivity index (χ0v) is 9.21. The summed E-state index contributed by atoms with van der Waals surface area (Å²) in [5, 5.41) is 0. The molecule has 0 fully saturated rings. The van der Waals surface area contributed by atoms with Crippen molar-refractivity contribution < 1.29 is 9.59 Å². The Labute approximate surface area is 93.1 Å². The van der Waals surface area contributed by atoms with Crippen LogP contribution in [0.3, 0.4) is 0 Å². The first-order valence-corrected chi connectivity index (χ1v) is 5.82. The Morgan fingerprint density at radius 2 is 2.20 bits per heavy atom. The van der Waals surface area contributed by atoms with E-state index in [1.165, 1.54) is 6.42 Å². The van der Waals surface area contributed by atoms with Gasteiger partial charge < -0.3 is 0 Å². The molecule has 0 aliphatic carbocycles. The van der Waals surface area contributed by atoms with Gasteiger partial charge in [0.25, 0.3) is 0 Å². The van der Waals surface area contributed by atoms with Crippen LogP contribution in [0.5, 0.6) is 0 Å². The first-order valence-electron chi connectivity index (χ1n) is 4.83. The molecule has 0 saturated heterocycles. The minimum atomic E-state index is -0.477. The Balaban J connectivity index is 2.34. The van der Waals surface area contributed by atoms with E-state index in [2.05, 4.69) is 0 Å². The molecule has 15 heavy (non-hydrogen) atoms. The van der Waals surface area contributed by atoms with Crippen molar-refractivity contribution in [2.24, 2.45) is 5.92 Å². The molecule has 0 bridgehead atoms. The van der Waals surface area contributed by atoms with E-state index in [1.54, 1.807) is 24.8 Å². The fourth-order valence-electron chi connectivity index (χ4n) is 1.65. The fraction of sp³-hybridized carbons (Fsp3) is 0.250. The molecule has 0 aromatic heterocycles. The SMILES string of the molecule is C[CH]C(=O)C1CSc2ccccc2C1=O. The Hall–Kier alpha value is -1.09. The van der Waals surface area contributed by atoms with Gasteiger partial charge >= 0.3 is 0 Å². The van der Waals surface area contributed by atoms with Crippen molar-refractivity contribution in [1.82, 2.24) is 0 Å². The molecule has 0 saturated carbocycles. The molecule has 0 amide bonds. The second-order valence-electron chi connectivity index (χ2n) is 3.42. The van der Waals surface area contributed by atoms with E-state index in [4.69, 9.17) is 0 Å². The molecule has 2 nitrogen and oxygen atoms in total. The van der Waals surface area contributed by atoms with Crippen LogP contribution >= 0.6 is 11.8 Å². The minimum Gasteiger partial charge on any atom is -0.299 e. The van der Waals surface area contributed by atoms with Crippen LogP contribution in [-0.2, 0) is 4.79 Å². The van der Waals surface area contributed by atoms with Gasteiger partial charge in [-0.05, 0) is 6.07 Å². The topological polar surface area (TPSA) is 34.1 Å². The third kappa shape index (κ3) is 1.84. The van der Waals surface area contributed by atoms with Gasteiger partial charge in [0.1, 0.15) is 5.78 Å². The number of thioether (sulfide) groups is 1. The second-order valence-corrected chi connectivity index (χ2v) is 4.48. The number of hydrogen-bond donors (Lipinski definition) is 0. The maximum Gasteiger partial charge on any atom is 0.175 e. The summed E-state index contributed by atoms with van der Waals surface area (Å²) < 4.78 is 0. The molecule has 1 aliphatic heterocycles. The first kappa shape index (κ1) is 10.4. The van der Waals surface area contributed by atoms with Gasteiger partial charge in [-0.2, -0.15) is 0 Å². The van der Waals surface area contributed by atoms with Gasteiger partial charge in [0, 0.05) is 22.6 Å². The molecule has 1 aromatic rings. The van der Waals surface area contributed by atoms with Crippen LogP contribution in [0.4, 0.5) is 0 Å². The van der Waals surface area contributed by atoms with Crippen molar-refractivity contribution in [3.05, 3.63) is 36.2 Å². The molecule has 0 N–H and O–H groups in total. The fourth-order valence-corrected chi connectivity index (χ4v) is 2.81. The lowest BCUT2D eigenvalue weighted by molar-refractivity contribution is -0.117. The van der Waals surface area contributed by atoms with Gasteiger partial charge in [0.2, 0.25) is 0 Å². The highest BCUT2D eigenvalue weighted by molar-refractivity contribution is 7.99. The smallest absolute Gasteiger partial charge is 0.175 e. The van der Waals surface area contributed by atoms with E-state index in [0.29, 0.717) is 11.3 Å². The molecule has 2 rings (SSSR count). The lowest BCUT2D eigenvalue weighted by Crippen LogP contribution is -2.29. The van der Waals surface area contributed by atoms with Crippen molar-refractivity contribution in [3.63, 3.8) is 0 Å². The number of Topliss-reactive ketones (excluding diaryl/α,β-unsaturated/α-hetero) is 2. The minimum absolute atomic E-state index is 0.0348. The predicted octanol–water partition coefficient (Wildman–Crippen LogP) is 2.38. The Morgan fingerprint density at radius 1 is 1.47 bits per heavy atom. The van der Waals surface area contributed by atoms with E-state index in [-0.39, 0.29) is 11.6 Å². The van der Waals surface area contributed by atoms with E-state index < -0.39 is 5.92 Å². The number of benzene rings is 1. The lowest BCUT2D eigenvalue weighted by atomic mass is 9.93. The molecule has 77 valence electrons. The molecule has 1 aromatic carbocycles. The number of ketones is 2. The number of hydrogen-bond acceptors (Lipinski definition) is 3. The van der Waals surface area contributed by atoms with E-state index in [9.17, 15) is 9.59 Å². The highest BCUT2D eigenvalue weighted by Gasteiger charge is 2.31. The van der Waals surface area contributed by atoms with Crippen LogP contribution in [-0.4, -0.2) is 17.3 Å². The summed E-state index contributed by atoms with van der Waals surface area (Å²) in [6.07, 6.45) is 1.48. The van der Waals surface area contributed by atoms with Gasteiger partial charge in [0.15, 0.2) is 5.78 Å². The summed E-state index contributed by atoms with van der Waals surface area (Å²) in [6, 6.07) is 7.46. The molecule has 1 aliphatic rings. The molecule has 1 radical (unpaired) electrons. The highest BCUT2D eigenvalue weighted by Crippen LogP contribution is 2.33. The summed E-state index contributed by atoms with van der Waals surface area (Å²) in [7, 11) is 0. The van der Waals surface area contributed by atoms with Gasteiger partial charge in [-0.1, -0.05) is 25.1 Å². The van der Waals surface area contributed by atoms with Gasteiger partial charge in [-0.3, -0.25) is 9.59 Å². The van der Waals surface area contributed by atoms with Crippen molar-refractivity contribution in [2.75, 3.05) is 5.75 Å². The quantitative estimate of drug-likeness (QED) is 0.716. The number of carbonyl (C=O) groups excluding carboxylic acids is 2. The van der Waals surface area contributed by atoms with Crippen LogP contribution < -0.4 is 0 Å². The molecule has 0 spiro atoms. The summed E-state index contributed by atoms with van der Waals surface area (Å²) in [5.41, 5.74) is 0.689. The van der Waals surface area contributed by atoms with E-state index >= 15 is 0 Å². The Morgan fingerprint density at radius 3 is 2.93 bits per heavy atom. The zero-order chi connectivity index (χ0) is 10.8. The molecular weight excluding hydrogens is 208 g/mol. The van der Waals surface area contributed by atoms with Crippen LogP contribution in [0.1, 0.15) is 17.3 Å². The highest BCUT2D eigenvalue weighted by atomic mass is 32.2. The molecule has 3 heteroatoms. The summed E-state index contributed by atoms with van der Waals surface area (Å²) in [5.74, 6) is -0.0108. The van der Waals surface area contributed by atoms with Gasteiger partial charge in [0.05, 0.1) is 5.92 Å². The average Bonchev–Trinajstić information content (AvgIpc) is 2.29. The van der Waals surface area contributed by atoms with Crippen LogP contribution in [0.25, 0.3) is 0 Å². The molecule has 1 unspecified atom stereocenters. The van der Waals surface area contributed by atoms with Crippen LogP contribution in [0, 0.1) is 12.3 Å². The average molecular weight is 219 g/mol. The predicted molar refractivity (Wildman–Crippen MR) is 60.0 cm³/mol. The molecular formula is C12H11O2S. The van der Waals surface area contributed by atoms with Crippen molar-refractivity contribution >= 4 is 23.3 Å². The summed E-state index contributed by atoms with van der Waals surface area (Å²) >= 11 is 1.58. The maximum absolute atomic E-state index is 12.0. The van der Waals surface area contributed by atoms with Crippen molar-refractivity contribution in [3.8, 4) is 0 Å². The third-order valence-corrected chi connectivity index (χ3v) is 3.67. The summed E-state index contributed by atoms with van der Waals surface area (Å²) in [6.45, 7) is 1.68. The first-order chi connectivity index (χ1) is 7.24. The monoisotopic (exact) mass is 219 g/mol. The lowest BCUT2D eigenvalue weighted by Gasteiger charge is -2.21. The Bertz CT molecular complexity index is 412. The standard InChI is InChI=1S/C12H11O2S/c1-2-10(13)9-7-15-11-6-4-3-5-8(11)12(9)14/h2-6,9H,7H2,1H3. The Kier molecular flexibility index (Phi) is 2.91. The largest absolute Gasteiger partial charge is 0.299 e. The normalized spacial score (nSPS) is 19.8. The third-order valence-electron chi connectivity index (χ3n) is 2.50. The number of rotatable bonds is 2. The molecule has 1 atom stereocenters. The van der Waals surface area contributed by atoms with Crippen molar-refractivity contribution in [2.45, 2.75) is 11.8 Å². The van der Waals surface area contributed by atoms with Crippen LogP contribution in [0.15, 0.2) is 29.2 Å². The maximum atomic E-state index is 12.0. The van der Waals surface area contributed by atoms with Crippen LogP contribution in [0.2, 0.25) is 0 Å². The summed E-state index contributed by atoms with van der Waals surface area (Å²) in [4.78, 5) is 24.4. The zero-order valence-electron chi connectivity index (χ0n) is 8.40. The number of fused-ring (bicyclic) bond motifs is 1.